The average molecular weight is 324 g/mol. The van der Waals surface area contributed by atoms with Crippen molar-refractivity contribution in [1.29, 1.82) is 0 Å². The minimum atomic E-state index is -4.45. The number of para-hydroxylation sites is 1. The van der Waals surface area contributed by atoms with Crippen molar-refractivity contribution in [2.45, 2.75) is 6.18 Å². The molecule has 0 aliphatic rings. The fraction of sp³-hybridized carbons (Fsp3) is 0.188. The zero-order valence-electron chi connectivity index (χ0n) is 12.5. The van der Waals surface area contributed by atoms with Crippen LogP contribution in [0.25, 0.3) is 0 Å². The second-order valence-corrected chi connectivity index (χ2v) is 4.52. The lowest BCUT2D eigenvalue weighted by molar-refractivity contribution is -0.136. The molecule has 2 aromatic carbocycles. The van der Waals surface area contributed by atoms with Crippen LogP contribution >= 0.6 is 0 Å². The van der Waals surface area contributed by atoms with Crippen LogP contribution in [0.1, 0.15) is 11.1 Å². The van der Waals surface area contributed by atoms with Crippen molar-refractivity contribution in [3.05, 3.63) is 53.6 Å². The number of methoxy groups -OCH3 is 2. The smallest absolute Gasteiger partial charge is 0.418 e. The van der Waals surface area contributed by atoms with E-state index in [4.69, 9.17) is 9.47 Å². The molecule has 23 heavy (non-hydrogen) atoms. The highest BCUT2D eigenvalue weighted by molar-refractivity contribution is 5.84. The second kappa shape index (κ2) is 7.04. The molecular weight excluding hydrogens is 309 g/mol. The van der Waals surface area contributed by atoms with E-state index in [0.717, 1.165) is 6.07 Å². The summed E-state index contributed by atoms with van der Waals surface area (Å²) in [5, 5.41) is 3.85. The van der Waals surface area contributed by atoms with Crippen LogP contribution in [0.4, 0.5) is 18.9 Å². The molecule has 0 radical (unpaired) electrons. The van der Waals surface area contributed by atoms with Gasteiger partial charge in [-0.15, -0.1) is 0 Å². The minimum absolute atomic E-state index is 0.122. The normalized spacial score (nSPS) is 11.5. The number of alkyl halides is 3. The van der Waals surface area contributed by atoms with Gasteiger partial charge in [0.25, 0.3) is 0 Å². The van der Waals surface area contributed by atoms with Gasteiger partial charge in [-0.2, -0.15) is 18.3 Å². The number of hydrazone groups is 1. The largest absolute Gasteiger partial charge is 0.497 e. The summed E-state index contributed by atoms with van der Waals surface area (Å²) in [4.78, 5) is 0. The Labute approximate surface area is 131 Å². The predicted octanol–water partition coefficient (Wildman–Crippen LogP) is 4.17. The van der Waals surface area contributed by atoms with Crippen LogP contribution in [0.15, 0.2) is 47.6 Å². The Hall–Kier alpha value is -2.70. The van der Waals surface area contributed by atoms with Crippen molar-refractivity contribution >= 4 is 11.9 Å². The molecule has 0 aliphatic heterocycles. The molecule has 0 spiro atoms. The van der Waals surface area contributed by atoms with Crippen LogP contribution < -0.4 is 14.9 Å². The first-order valence-corrected chi connectivity index (χ1v) is 6.63. The molecule has 7 heteroatoms. The summed E-state index contributed by atoms with van der Waals surface area (Å²) in [6.07, 6.45) is -3.07. The van der Waals surface area contributed by atoms with E-state index in [1.54, 1.807) is 18.2 Å². The van der Waals surface area contributed by atoms with Crippen LogP contribution in [0.2, 0.25) is 0 Å². The highest BCUT2D eigenvalue weighted by Crippen LogP contribution is 2.34. The number of halogens is 3. The van der Waals surface area contributed by atoms with E-state index >= 15 is 0 Å². The first kappa shape index (κ1) is 16.7. The zero-order chi connectivity index (χ0) is 16.9. The highest BCUT2D eigenvalue weighted by Gasteiger charge is 2.33. The van der Waals surface area contributed by atoms with Gasteiger partial charge in [0.05, 0.1) is 31.7 Å². The van der Waals surface area contributed by atoms with Crippen LogP contribution in [0, 0.1) is 0 Å². The lowest BCUT2D eigenvalue weighted by Gasteiger charge is -2.11. The number of nitrogens with zero attached hydrogens (tertiary/aromatic N) is 1. The fourth-order valence-corrected chi connectivity index (χ4v) is 1.92. The summed E-state index contributed by atoms with van der Waals surface area (Å²) in [5.74, 6) is 1.10. The molecule has 0 bridgehead atoms. The Morgan fingerprint density at radius 1 is 1.04 bits per heavy atom. The van der Waals surface area contributed by atoms with Crippen molar-refractivity contribution in [3.63, 3.8) is 0 Å². The molecule has 0 heterocycles. The lowest BCUT2D eigenvalue weighted by atomic mass is 10.2. The van der Waals surface area contributed by atoms with Gasteiger partial charge in [0.2, 0.25) is 0 Å². The molecular formula is C16H15F3N2O2. The Bertz CT molecular complexity index is 700. The van der Waals surface area contributed by atoms with E-state index in [9.17, 15) is 13.2 Å². The molecule has 0 aliphatic carbocycles. The monoisotopic (exact) mass is 324 g/mol. The van der Waals surface area contributed by atoms with Gasteiger partial charge >= 0.3 is 6.18 Å². The maximum atomic E-state index is 12.9. The fourth-order valence-electron chi connectivity index (χ4n) is 1.92. The molecule has 0 aromatic heterocycles. The average Bonchev–Trinajstić information content (AvgIpc) is 2.54. The van der Waals surface area contributed by atoms with Crippen LogP contribution in [0.5, 0.6) is 11.5 Å². The number of hydrogen-bond acceptors (Lipinski definition) is 4. The van der Waals surface area contributed by atoms with Crippen molar-refractivity contribution in [2.24, 2.45) is 5.10 Å². The molecule has 0 saturated carbocycles. The first-order chi connectivity index (χ1) is 11.0. The molecule has 0 amide bonds. The topological polar surface area (TPSA) is 42.8 Å². The Morgan fingerprint density at radius 3 is 2.43 bits per heavy atom. The number of ether oxygens (including phenoxy) is 2. The first-order valence-electron chi connectivity index (χ1n) is 6.63. The quantitative estimate of drug-likeness (QED) is 0.663. The second-order valence-electron chi connectivity index (χ2n) is 4.52. The third-order valence-electron chi connectivity index (χ3n) is 3.06. The van der Waals surface area contributed by atoms with Gasteiger partial charge in [-0.3, -0.25) is 5.43 Å². The van der Waals surface area contributed by atoms with E-state index in [2.05, 4.69) is 10.5 Å². The minimum Gasteiger partial charge on any atom is -0.497 e. The number of nitrogens with one attached hydrogen (secondary N) is 1. The Morgan fingerprint density at radius 2 is 1.78 bits per heavy atom. The van der Waals surface area contributed by atoms with Gasteiger partial charge in [0, 0.05) is 11.6 Å². The van der Waals surface area contributed by atoms with Crippen molar-refractivity contribution in [1.82, 2.24) is 0 Å². The van der Waals surface area contributed by atoms with Crippen LogP contribution in [-0.2, 0) is 6.18 Å². The highest BCUT2D eigenvalue weighted by atomic mass is 19.4. The SMILES string of the molecule is COc1ccc(C=NNc2ccccc2C(F)(F)F)c(OC)c1. The summed E-state index contributed by atoms with van der Waals surface area (Å²) >= 11 is 0. The molecule has 2 rings (SSSR count). The maximum Gasteiger partial charge on any atom is 0.418 e. The number of benzene rings is 2. The van der Waals surface area contributed by atoms with E-state index in [0.29, 0.717) is 17.1 Å². The number of rotatable bonds is 5. The van der Waals surface area contributed by atoms with Gasteiger partial charge in [-0.1, -0.05) is 12.1 Å². The van der Waals surface area contributed by atoms with Gasteiger partial charge in [0.15, 0.2) is 0 Å². The molecule has 0 unspecified atom stereocenters. The van der Waals surface area contributed by atoms with E-state index in [1.807, 2.05) is 0 Å². The van der Waals surface area contributed by atoms with Gasteiger partial charge < -0.3 is 9.47 Å². The van der Waals surface area contributed by atoms with E-state index in [1.165, 1.54) is 38.6 Å². The van der Waals surface area contributed by atoms with E-state index < -0.39 is 11.7 Å². The molecule has 1 N–H and O–H groups in total. The lowest BCUT2D eigenvalue weighted by Crippen LogP contribution is -2.08. The predicted molar refractivity (Wildman–Crippen MR) is 82.2 cm³/mol. The van der Waals surface area contributed by atoms with Crippen LogP contribution in [-0.4, -0.2) is 20.4 Å². The molecule has 2 aromatic rings. The van der Waals surface area contributed by atoms with Crippen molar-refractivity contribution in [2.75, 3.05) is 19.6 Å². The Balaban J connectivity index is 2.20. The zero-order valence-corrected chi connectivity index (χ0v) is 12.5. The number of anilines is 1. The van der Waals surface area contributed by atoms with Crippen molar-refractivity contribution < 1.29 is 22.6 Å². The summed E-state index contributed by atoms with van der Waals surface area (Å²) in [6, 6.07) is 10.2. The molecule has 4 nitrogen and oxygen atoms in total. The Kier molecular flexibility index (Phi) is 5.10. The third kappa shape index (κ3) is 4.15. The third-order valence-corrected chi connectivity index (χ3v) is 3.06. The van der Waals surface area contributed by atoms with E-state index in [-0.39, 0.29) is 5.69 Å². The molecule has 0 saturated heterocycles. The molecule has 0 atom stereocenters. The summed E-state index contributed by atoms with van der Waals surface area (Å²) in [6.45, 7) is 0. The van der Waals surface area contributed by atoms with Gasteiger partial charge in [-0.05, 0) is 24.3 Å². The molecule has 122 valence electrons. The van der Waals surface area contributed by atoms with Gasteiger partial charge in [-0.25, -0.2) is 0 Å². The number of hydrogen-bond donors (Lipinski definition) is 1. The van der Waals surface area contributed by atoms with Crippen LogP contribution in [0.3, 0.4) is 0 Å². The summed E-state index contributed by atoms with van der Waals surface area (Å²) < 4.78 is 48.9. The van der Waals surface area contributed by atoms with Gasteiger partial charge in [0.1, 0.15) is 11.5 Å². The maximum absolute atomic E-state index is 12.9. The van der Waals surface area contributed by atoms with Crippen molar-refractivity contribution in [3.8, 4) is 11.5 Å². The summed E-state index contributed by atoms with van der Waals surface area (Å²) in [5.41, 5.74) is 2.11. The molecule has 0 fully saturated rings. The summed E-state index contributed by atoms with van der Waals surface area (Å²) in [7, 11) is 3.01. The standard InChI is InChI=1S/C16H15F3N2O2/c1-22-12-8-7-11(15(9-12)23-2)10-20-21-14-6-4-3-5-13(14)16(17,18)19/h3-10,21H,1-2H3.